The molecule has 1 aromatic carbocycles. The fourth-order valence-corrected chi connectivity index (χ4v) is 4.66. The quantitative estimate of drug-likeness (QED) is 0.712. The van der Waals surface area contributed by atoms with Crippen LogP contribution in [0.4, 0.5) is 10.2 Å². The number of carbonyl (C=O) groups excluding carboxylic acids is 2. The van der Waals surface area contributed by atoms with Gasteiger partial charge in [0.2, 0.25) is 11.8 Å². The maximum absolute atomic E-state index is 13.2. The summed E-state index contributed by atoms with van der Waals surface area (Å²) < 4.78 is 13.2. The number of halogens is 1. The Morgan fingerprint density at radius 1 is 1.19 bits per heavy atom. The predicted octanol–water partition coefficient (Wildman–Crippen LogP) is 3.81. The zero-order valence-electron chi connectivity index (χ0n) is 19.1. The van der Waals surface area contributed by atoms with E-state index in [0.717, 1.165) is 42.0 Å². The maximum Gasteiger partial charge on any atom is 0.228 e. The van der Waals surface area contributed by atoms with Crippen molar-refractivity contribution in [2.75, 3.05) is 24.5 Å². The van der Waals surface area contributed by atoms with Crippen molar-refractivity contribution in [2.24, 2.45) is 5.92 Å². The first kappa shape index (κ1) is 22.4. The standard InChI is InChI=1S/C25H31FN4O2/c1-16(2)25(32)29-13-4-5-19(15-29)23-27-17(3)21-10-11-22(31)30(24(21)28-23)14-12-18-6-8-20(26)9-7-18/h6-9,16,19H,4-5,10-15H2,1-3H3/t19-/m1/s1. The molecule has 170 valence electrons. The van der Waals surface area contributed by atoms with E-state index in [9.17, 15) is 14.0 Å². The van der Waals surface area contributed by atoms with Gasteiger partial charge in [-0.25, -0.2) is 14.4 Å². The zero-order valence-corrected chi connectivity index (χ0v) is 19.1. The monoisotopic (exact) mass is 438 g/mol. The smallest absolute Gasteiger partial charge is 0.228 e. The Bertz CT molecular complexity index is 1010. The number of rotatable bonds is 5. The summed E-state index contributed by atoms with van der Waals surface area (Å²) >= 11 is 0. The number of fused-ring (bicyclic) bond motifs is 1. The molecule has 1 aromatic heterocycles. The fourth-order valence-electron chi connectivity index (χ4n) is 4.66. The van der Waals surface area contributed by atoms with Gasteiger partial charge in [-0.2, -0.15) is 0 Å². The molecular formula is C25H31FN4O2. The van der Waals surface area contributed by atoms with Gasteiger partial charge in [0.15, 0.2) is 0 Å². The van der Waals surface area contributed by atoms with Crippen LogP contribution in [0.1, 0.15) is 61.7 Å². The first-order chi connectivity index (χ1) is 15.3. The molecule has 0 N–H and O–H groups in total. The molecule has 6 nitrogen and oxygen atoms in total. The van der Waals surface area contributed by atoms with Crippen molar-refractivity contribution in [1.29, 1.82) is 0 Å². The van der Waals surface area contributed by atoms with Gasteiger partial charge in [-0.1, -0.05) is 26.0 Å². The minimum Gasteiger partial charge on any atom is -0.342 e. The van der Waals surface area contributed by atoms with E-state index >= 15 is 0 Å². The molecule has 0 aliphatic carbocycles. The fraction of sp³-hybridized carbons (Fsp3) is 0.520. The average molecular weight is 439 g/mol. The third-order valence-electron chi connectivity index (χ3n) is 6.48. The van der Waals surface area contributed by atoms with E-state index in [1.165, 1.54) is 12.1 Å². The number of amides is 2. The summed E-state index contributed by atoms with van der Waals surface area (Å²) in [6.45, 7) is 7.73. The Hall–Kier alpha value is -2.83. The molecule has 7 heteroatoms. The number of anilines is 1. The molecule has 4 rings (SSSR count). The van der Waals surface area contributed by atoms with Crippen molar-refractivity contribution in [3.05, 3.63) is 52.7 Å². The van der Waals surface area contributed by atoms with Crippen LogP contribution < -0.4 is 4.90 Å². The number of hydrogen-bond donors (Lipinski definition) is 0. The SMILES string of the molecule is Cc1nc([C@@H]2CCCN(C(=O)C(C)C)C2)nc2c1CCC(=O)N2CCc1ccc(F)cc1. The van der Waals surface area contributed by atoms with Crippen molar-refractivity contribution in [1.82, 2.24) is 14.9 Å². The van der Waals surface area contributed by atoms with E-state index in [1.54, 1.807) is 17.0 Å². The van der Waals surface area contributed by atoms with Crippen molar-refractivity contribution < 1.29 is 14.0 Å². The third-order valence-corrected chi connectivity index (χ3v) is 6.48. The Kier molecular flexibility index (Phi) is 6.53. The summed E-state index contributed by atoms with van der Waals surface area (Å²) in [6, 6.07) is 6.39. The van der Waals surface area contributed by atoms with E-state index in [4.69, 9.17) is 9.97 Å². The van der Waals surface area contributed by atoms with Gasteiger partial charge in [-0.15, -0.1) is 0 Å². The van der Waals surface area contributed by atoms with Gasteiger partial charge in [-0.3, -0.25) is 14.5 Å². The molecule has 1 atom stereocenters. The molecule has 2 amide bonds. The molecule has 0 saturated carbocycles. The van der Waals surface area contributed by atoms with E-state index in [0.29, 0.717) is 38.2 Å². The predicted molar refractivity (Wildman–Crippen MR) is 121 cm³/mol. The summed E-state index contributed by atoms with van der Waals surface area (Å²) in [5.74, 6) is 1.44. The summed E-state index contributed by atoms with van der Waals surface area (Å²) in [5.41, 5.74) is 2.92. The van der Waals surface area contributed by atoms with Gasteiger partial charge in [0.05, 0.1) is 0 Å². The highest BCUT2D eigenvalue weighted by molar-refractivity contribution is 5.95. The highest BCUT2D eigenvalue weighted by atomic mass is 19.1. The second-order valence-electron chi connectivity index (χ2n) is 9.17. The maximum atomic E-state index is 13.2. The summed E-state index contributed by atoms with van der Waals surface area (Å²) in [4.78, 5) is 38.7. The van der Waals surface area contributed by atoms with Crippen LogP contribution in [-0.2, 0) is 22.4 Å². The van der Waals surface area contributed by atoms with Crippen LogP contribution in [0.25, 0.3) is 0 Å². The Balaban J connectivity index is 1.58. The number of benzene rings is 1. The molecule has 0 bridgehead atoms. The topological polar surface area (TPSA) is 66.4 Å². The van der Waals surface area contributed by atoms with Crippen LogP contribution in [0.15, 0.2) is 24.3 Å². The molecule has 2 aromatic rings. The normalized spacial score (nSPS) is 18.8. The summed E-state index contributed by atoms with van der Waals surface area (Å²) in [6.07, 6.45) is 3.58. The minimum absolute atomic E-state index is 0.0282. The average Bonchev–Trinajstić information content (AvgIpc) is 2.79. The molecule has 0 spiro atoms. The Labute approximate surface area is 188 Å². The minimum atomic E-state index is -0.265. The number of aryl methyl sites for hydroxylation is 1. The van der Waals surface area contributed by atoms with E-state index < -0.39 is 0 Å². The van der Waals surface area contributed by atoms with E-state index in [1.807, 2.05) is 25.7 Å². The third kappa shape index (κ3) is 4.66. The van der Waals surface area contributed by atoms with Crippen LogP contribution in [0.3, 0.4) is 0 Å². The lowest BCUT2D eigenvalue weighted by Gasteiger charge is -2.34. The second kappa shape index (κ2) is 9.35. The number of nitrogens with zero attached hydrogens (tertiary/aromatic N) is 4. The van der Waals surface area contributed by atoms with Gasteiger partial charge in [0, 0.05) is 49.1 Å². The second-order valence-corrected chi connectivity index (χ2v) is 9.17. The number of aromatic nitrogens is 2. The Morgan fingerprint density at radius 3 is 2.66 bits per heavy atom. The van der Waals surface area contributed by atoms with Gasteiger partial charge in [0.1, 0.15) is 17.5 Å². The van der Waals surface area contributed by atoms with Gasteiger partial charge in [0.25, 0.3) is 0 Å². The van der Waals surface area contributed by atoms with Crippen LogP contribution in [0.2, 0.25) is 0 Å². The number of likely N-dealkylation sites (tertiary alicyclic amines) is 1. The highest BCUT2D eigenvalue weighted by Crippen LogP contribution is 2.32. The number of hydrogen-bond acceptors (Lipinski definition) is 4. The van der Waals surface area contributed by atoms with Crippen LogP contribution >= 0.6 is 0 Å². The first-order valence-electron chi connectivity index (χ1n) is 11.5. The lowest BCUT2D eigenvalue weighted by molar-refractivity contribution is -0.135. The van der Waals surface area contributed by atoms with Crippen molar-refractivity contribution in [2.45, 2.75) is 58.8 Å². The summed E-state index contributed by atoms with van der Waals surface area (Å²) in [7, 11) is 0. The molecule has 32 heavy (non-hydrogen) atoms. The molecule has 2 aliphatic heterocycles. The Morgan fingerprint density at radius 2 is 1.94 bits per heavy atom. The summed E-state index contributed by atoms with van der Waals surface area (Å²) in [5, 5.41) is 0. The van der Waals surface area contributed by atoms with Crippen LogP contribution in [-0.4, -0.2) is 46.3 Å². The lowest BCUT2D eigenvalue weighted by Crippen LogP contribution is -2.42. The molecule has 1 saturated heterocycles. The number of piperidine rings is 1. The first-order valence-corrected chi connectivity index (χ1v) is 11.5. The van der Waals surface area contributed by atoms with Crippen LogP contribution in [0.5, 0.6) is 0 Å². The molecule has 0 radical (unpaired) electrons. The van der Waals surface area contributed by atoms with Gasteiger partial charge in [-0.05, 0) is 50.3 Å². The van der Waals surface area contributed by atoms with Gasteiger partial charge < -0.3 is 4.90 Å². The van der Waals surface area contributed by atoms with E-state index in [-0.39, 0.29) is 29.5 Å². The highest BCUT2D eigenvalue weighted by Gasteiger charge is 2.32. The van der Waals surface area contributed by atoms with Gasteiger partial charge >= 0.3 is 0 Å². The largest absolute Gasteiger partial charge is 0.342 e. The molecule has 2 aliphatic rings. The zero-order chi connectivity index (χ0) is 22.8. The lowest BCUT2D eigenvalue weighted by atomic mass is 9.95. The number of carbonyl (C=O) groups is 2. The molecule has 3 heterocycles. The molecule has 0 unspecified atom stereocenters. The van der Waals surface area contributed by atoms with Crippen LogP contribution in [0, 0.1) is 18.7 Å². The molecular weight excluding hydrogens is 407 g/mol. The van der Waals surface area contributed by atoms with Crippen molar-refractivity contribution in [3.8, 4) is 0 Å². The van der Waals surface area contributed by atoms with Crippen molar-refractivity contribution >= 4 is 17.6 Å². The van der Waals surface area contributed by atoms with E-state index in [2.05, 4.69) is 0 Å². The molecule has 1 fully saturated rings. The van der Waals surface area contributed by atoms with Crippen molar-refractivity contribution in [3.63, 3.8) is 0 Å².